The van der Waals surface area contributed by atoms with Crippen molar-refractivity contribution in [3.63, 3.8) is 0 Å². The maximum absolute atomic E-state index is 12.1. The van der Waals surface area contributed by atoms with Crippen LogP contribution in [0.3, 0.4) is 0 Å². The van der Waals surface area contributed by atoms with E-state index in [-0.39, 0.29) is 17.5 Å². The molecular formula is C15H16ClN3O2. The van der Waals surface area contributed by atoms with E-state index in [1.807, 2.05) is 13.8 Å². The Morgan fingerprint density at radius 2 is 2.19 bits per heavy atom. The second-order valence-corrected chi connectivity index (χ2v) is 5.16. The van der Waals surface area contributed by atoms with Gasteiger partial charge in [-0.05, 0) is 31.5 Å². The summed E-state index contributed by atoms with van der Waals surface area (Å²) in [6.45, 7) is 3.85. The lowest BCUT2D eigenvalue weighted by Gasteiger charge is -2.11. The largest absolute Gasteiger partial charge is 0.349 e. The highest BCUT2D eigenvalue weighted by molar-refractivity contribution is 6.33. The van der Waals surface area contributed by atoms with Crippen LogP contribution in [0.15, 0.2) is 35.4 Å². The SMILES string of the molecule is CC[C@H](C)NC(=O)c1ccc(-c2cnccc2Cl)[nH]c1=O. The van der Waals surface area contributed by atoms with E-state index in [2.05, 4.69) is 15.3 Å². The normalized spacial score (nSPS) is 12.0. The predicted octanol–water partition coefficient (Wildman–Crippen LogP) is 2.62. The lowest BCUT2D eigenvalue weighted by molar-refractivity contribution is 0.0938. The highest BCUT2D eigenvalue weighted by Crippen LogP contribution is 2.23. The van der Waals surface area contributed by atoms with Gasteiger partial charge < -0.3 is 10.3 Å². The van der Waals surface area contributed by atoms with E-state index in [0.717, 1.165) is 6.42 Å². The molecule has 1 amide bonds. The van der Waals surface area contributed by atoms with Crippen LogP contribution in [-0.4, -0.2) is 21.9 Å². The molecule has 0 saturated carbocycles. The summed E-state index contributed by atoms with van der Waals surface area (Å²) < 4.78 is 0. The summed E-state index contributed by atoms with van der Waals surface area (Å²) in [7, 11) is 0. The molecule has 21 heavy (non-hydrogen) atoms. The van der Waals surface area contributed by atoms with Crippen LogP contribution in [0.5, 0.6) is 0 Å². The summed E-state index contributed by atoms with van der Waals surface area (Å²) in [4.78, 5) is 30.7. The molecule has 0 aliphatic rings. The van der Waals surface area contributed by atoms with Gasteiger partial charge in [0.25, 0.3) is 11.5 Å². The smallest absolute Gasteiger partial charge is 0.261 e. The molecule has 0 unspecified atom stereocenters. The van der Waals surface area contributed by atoms with E-state index >= 15 is 0 Å². The van der Waals surface area contributed by atoms with Gasteiger partial charge in [0.2, 0.25) is 0 Å². The van der Waals surface area contributed by atoms with Crippen LogP contribution in [0.2, 0.25) is 5.02 Å². The fourth-order valence-corrected chi connectivity index (χ4v) is 2.00. The number of carbonyl (C=O) groups excluding carboxylic acids is 1. The van der Waals surface area contributed by atoms with Gasteiger partial charge in [0.15, 0.2) is 0 Å². The zero-order chi connectivity index (χ0) is 15.4. The summed E-state index contributed by atoms with van der Waals surface area (Å²) in [5, 5.41) is 3.24. The third-order valence-corrected chi connectivity index (χ3v) is 3.53. The van der Waals surface area contributed by atoms with E-state index in [9.17, 15) is 9.59 Å². The first-order chi connectivity index (χ1) is 10.0. The van der Waals surface area contributed by atoms with Gasteiger partial charge in [-0.25, -0.2) is 0 Å². The van der Waals surface area contributed by atoms with Crippen molar-refractivity contribution in [3.05, 3.63) is 51.5 Å². The topological polar surface area (TPSA) is 74.8 Å². The number of halogens is 1. The Hall–Kier alpha value is -2.14. The van der Waals surface area contributed by atoms with Crippen LogP contribution in [-0.2, 0) is 0 Å². The zero-order valence-corrected chi connectivity index (χ0v) is 12.6. The van der Waals surface area contributed by atoms with E-state index in [4.69, 9.17) is 11.6 Å². The van der Waals surface area contributed by atoms with E-state index < -0.39 is 5.56 Å². The monoisotopic (exact) mass is 305 g/mol. The van der Waals surface area contributed by atoms with Crippen molar-refractivity contribution in [1.29, 1.82) is 0 Å². The summed E-state index contributed by atoms with van der Waals surface area (Å²) in [6, 6.07) is 4.80. The lowest BCUT2D eigenvalue weighted by Crippen LogP contribution is -2.35. The quantitative estimate of drug-likeness (QED) is 0.911. The lowest BCUT2D eigenvalue weighted by atomic mass is 10.1. The minimum absolute atomic E-state index is 0.0179. The first-order valence-electron chi connectivity index (χ1n) is 6.67. The van der Waals surface area contributed by atoms with Crippen LogP contribution in [0.25, 0.3) is 11.3 Å². The van der Waals surface area contributed by atoms with Crippen LogP contribution in [0, 0.1) is 0 Å². The molecule has 6 heteroatoms. The third kappa shape index (κ3) is 3.49. The highest BCUT2D eigenvalue weighted by atomic mass is 35.5. The van der Waals surface area contributed by atoms with Crippen LogP contribution < -0.4 is 10.9 Å². The third-order valence-electron chi connectivity index (χ3n) is 3.20. The highest BCUT2D eigenvalue weighted by Gasteiger charge is 2.14. The molecule has 110 valence electrons. The number of H-pyrrole nitrogens is 1. The fourth-order valence-electron chi connectivity index (χ4n) is 1.79. The molecule has 5 nitrogen and oxygen atoms in total. The van der Waals surface area contributed by atoms with Crippen LogP contribution >= 0.6 is 11.6 Å². The first-order valence-corrected chi connectivity index (χ1v) is 7.04. The van der Waals surface area contributed by atoms with Crippen molar-refractivity contribution in [3.8, 4) is 11.3 Å². The first kappa shape index (κ1) is 15.3. The van der Waals surface area contributed by atoms with Gasteiger partial charge in [0.1, 0.15) is 5.56 Å². The Morgan fingerprint density at radius 3 is 2.81 bits per heavy atom. The number of amides is 1. The maximum atomic E-state index is 12.1. The number of nitrogens with zero attached hydrogens (tertiary/aromatic N) is 1. The summed E-state index contributed by atoms with van der Waals surface area (Å²) in [5.41, 5.74) is 0.774. The average Bonchev–Trinajstić information content (AvgIpc) is 2.47. The molecule has 0 aliphatic carbocycles. The van der Waals surface area contributed by atoms with Crippen LogP contribution in [0.1, 0.15) is 30.6 Å². The number of pyridine rings is 2. The molecule has 0 aromatic carbocycles. The molecule has 2 N–H and O–H groups in total. The Morgan fingerprint density at radius 1 is 1.43 bits per heavy atom. The number of aromatic nitrogens is 2. The summed E-state index contributed by atoms with van der Waals surface area (Å²) in [5.74, 6) is -0.380. The van der Waals surface area contributed by atoms with Crippen molar-refractivity contribution >= 4 is 17.5 Å². The number of aromatic amines is 1. The molecule has 0 bridgehead atoms. The molecule has 0 spiro atoms. The Bertz CT molecular complexity index is 712. The maximum Gasteiger partial charge on any atom is 0.261 e. The average molecular weight is 306 g/mol. The number of hydrogen-bond acceptors (Lipinski definition) is 3. The van der Waals surface area contributed by atoms with Crippen molar-refractivity contribution in [2.75, 3.05) is 0 Å². The van der Waals surface area contributed by atoms with E-state index in [0.29, 0.717) is 16.3 Å². The standard InChI is InChI=1S/C15H16ClN3O2/c1-3-9(2)18-14(20)10-4-5-13(19-15(10)21)11-8-17-7-6-12(11)16/h4-9H,3H2,1-2H3,(H,18,20)(H,19,21)/t9-/m0/s1. The molecule has 1 atom stereocenters. The summed E-state index contributed by atoms with van der Waals surface area (Å²) in [6.07, 6.45) is 3.93. The number of carbonyl (C=O) groups is 1. The van der Waals surface area contributed by atoms with E-state index in [1.54, 1.807) is 24.5 Å². The van der Waals surface area contributed by atoms with Gasteiger partial charge in [-0.15, -0.1) is 0 Å². The van der Waals surface area contributed by atoms with Gasteiger partial charge in [-0.2, -0.15) is 0 Å². The van der Waals surface area contributed by atoms with Gasteiger partial charge in [0, 0.05) is 24.0 Å². The molecule has 2 heterocycles. The molecule has 0 fully saturated rings. The number of nitrogens with one attached hydrogen (secondary N) is 2. The van der Waals surface area contributed by atoms with E-state index in [1.165, 1.54) is 6.07 Å². The van der Waals surface area contributed by atoms with Gasteiger partial charge in [-0.3, -0.25) is 14.6 Å². The molecular weight excluding hydrogens is 290 g/mol. The Labute approximate surface area is 127 Å². The van der Waals surface area contributed by atoms with Crippen molar-refractivity contribution in [2.45, 2.75) is 26.3 Å². The van der Waals surface area contributed by atoms with Crippen molar-refractivity contribution in [2.24, 2.45) is 0 Å². The molecule has 0 saturated heterocycles. The molecule has 2 rings (SSSR count). The Kier molecular flexibility index (Phi) is 4.75. The minimum Gasteiger partial charge on any atom is -0.349 e. The second-order valence-electron chi connectivity index (χ2n) is 4.75. The molecule has 2 aromatic heterocycles. The van der Waals surface area contributed by atoms with Crippen LogP contribution in [0.4, 0.5) is 0 Å². The molecule has 0 aliphatic heterocycles. The number of rotatable bonds is 4. The zero-order valence-electron chi connectivity index (χ0n) is 11.8. The van der Waals surface area contributed by atoms with Crippen molar-refractivity contribution in [1.82, 2.24) is 15.3 Å². The van der Waals surface area contributed by atoms with Gasteiger partial charge in [0.05, 0.1) is 10.7 Å². The predicted molar refractivity (Wildman–Crippen MR) is 82.5 cm³/mol. The number of hydrogen-bond donors (Lipinski definition) is 2. The molecule has 2 aromatic rings. The fraction of sp³-hybridized carbons (Fsp3) is 0.267. The van der Waals surface area contributed by atoms with Gasteiger partial charge >= 0.3 is 0 Å². The second kappa shape index (κ2) is 6.54. The Balaban J connectivity index is 2.32. The van der Waals surface area contributed by atoms with Crippen molar-refractivity contribution < 1.29 is 4.79 Å². The van der Waals surface area contributed by atoms with Gasteiger partial charge in [-0.1, -0.05) is 18.5 Å². The summed E-state index contributed by atoms with van der Waals surface area (Å²) >= 11 is 6.06. The minimum atomic E-state index is -0.451. The molecule has 0 radical (unpaired) electrons.